The first-order chi connectivity index (χ1) is 15.1. The van der Waals surface area contributed by atoms with E-state index in [9.17, 15) is 0 Å². The minimum absolute atomic E-state index is 0.290. The molecule has 0 saturated carbocycles. The molecule has 1 aliphatic rings. The van der Waals surface area contributed by atoms with Crippen LogP contribution in [-0.4, -0.2) is 60.5 Å². The number of nitrogens with one attached hydrogen (secondary N) is 2. The molecule has 0 aliphatic carbocycles. The fraction of sp³-hybridized carbons (Fsp3) is 0.583. The number of benzene rings is 1. The van der Waals surface area contributed by atoms with Gasteiger partial charge in [0.15, 0.2) is 5.96 Å². The lowest BCUT2D eigenvalue weighted by Gasteiger charge is -2.27. The van der Waals surface area contributed by atoms with Crippen LogP contribution in [-0.2, 0) is 6.54 Å². The summed E-state index contributed by atoms with van der Waals surface area (Å²) in [4.78, 5) is 7.50. The van der Waals surface area contributed by atoms with Crippen LogP contribution in [0.15, 0.2) is 35.3 Å². The lowest BCUT2D eigenvalue weighted by Crippen LogP contribution is -2.39. The number of ether oxygens (including phenoxy) is 1. The summed E-state index contributed by atoms with van der Waals surface area (Å²) >= 11 is 0. The van der Waals surface area contributed by atoms with Gasteiger partial charge < -0.3 is 15.4 Å². The Morgan fingerprint density at radius 1 is 1.16 bits per heavy atom. The van der Waals surface area contributed by atoms with Crippen molar-refractivity contribution in [3.8, 4) is 5.75 Å². The molecular formula is C24H38N6O. The number of rotatable bonds is 10. The first-order valence-electron chi connectivity index (χ1n) is 11.5. The van der Waals surface area contributed by atoms with Gasteiger partial charge in [0.05, 0.1) is 25.4 Å². The normalized spacial score (nSPS) is 15.8. The maximum Gasteiger partial charge on any atom is 0.191 e. The Hall–Kier alpha value is -2.54. The van der Waals surface area contributed by atoms with E-state index >= 15 is 0 Å². The van der Waals surface area contributed by atoms with Crippen molar-refractivity contribution in [3.63, 3.8) is 0 Å². The van der Waals surface area contributed by atoms with Crippen LogP contribution >= 0.6 is 0 Å². The van der Waals surface area contributed by atoms with Gasteiger partial charge in [-0.25, -0.2) is 0 Å². The summed E-state index contributed by atoms with van der Waals surface area (Å²) in [5, 5.41) is 11.4. The van der Waals surface area contributed by atoms with Crippen molar-refractivity contribution < 1.29 is 4.74 Å². The SMILES string of the molecule is CCNC(=NCC(c1ccc(OC)cc1)N1CCCC1)NCCCn1nc(C)cc1C. The van der Waals surface area contributed by atoms with Gasteiger partial charge in [-0.2, -0.15) is 5.10 Å². The highest BCUT2D eigenvalue weighted by atomic mass is 16.5. The molecule has 1 saturated heterocycles. The van der Waals surface area contributed by atoms with E-state index in [1.807, 2.05) is 19.1 Å². The maximum atomic E-state index is 5.33. The van der Waals surface area contributed by atoms with Crippen LogP contribution in [0.5, 0.6) is 5.75 Å². The van der Waals surface area contributed by atoms with Gasteiger partial charge in [0, 0.05) is 25.3 Å². The molecule has 31 heavy (non-hydrogen) atoms. The van der Waals surface area contributed by atoms with Crippen LogP contribution in [0.25, 0.3) is 0 Å². The number of hydrogen-bond donors (Lipinski definition) is 2. The Morgan fingerprint density at radius 3 is 2.52 bits per heavy atom. The minimum atomic E-state index is 0.290. The Bertz CT molecular complexity index is 823. The van der Waals surface area contributed by atoms with E-state index in [0.29, 0.717) is 6.04 Å². The molecule has 0 amide bonds. The second-order valence-corrected chi connectivity index (χ2v) is 8.18. The fourth-order valence-electron chi connectivity index (χ4n) is 4.17. The second kappa shape index (κ2) is 11.7. The molecule has 1 fully saturated rings. The quantitative estimate of drug-likeness (QED) is 0.347. The van der Waals surface area contributed by atoms with E-state index in [-0.39, 0.29) is 0 Å². The van der Waals surface area contributed by atoms with Crippen molar-refractivity contribution in [1.29, 1.82) is 0 Å². The van der Waals surface area contributed by atoms with Gasteiger partial charge in [0.2, 0.25) is 0 Å². The predicted molar refractivity (Wildman–Crippen MR) is 127 cm³/mol. The highest BCUT2D eigenvalue weighted by Crippen LogP contribution is 2.27. The number of aromatic nitrogens is 2. The third-order valence-electron chi connectivity index (χ3n) is 5.79. The zero-order valence-electron chi connectivity index (χ0n) is 19.5. The Morgan fingerprint density at radius 2 is 1.90 bits per heavy atom. The molecule has 1 aromatic heterocycles. The smallest absolute Gasteiger partial charge is 0.191 e. The molecule has 1 atom stereocenters. The number of likely N-dealkylation sites (tertiary alicyclic amines) is 1. The highest BCUT2D eigenvalue weighted by Gasteiger charge is 2.23. The number of aryl methyl sites for hydroxylation is 3. The van der Waals surface area contributed by atoms with Crippen LogP contribution < -0.4 is 15.4 Å². The number of methoxy groups -OCH3 is 1. The highest BCUT2D eigenvalue weighted by molar-refractivity contribution is 5.79. The molecule has 0 spiro atoms. The molecule has 1 aliphatic heterocycles. The molecule has 2 heterocycles. The zero-order chi connectivity index (χ0) is 22.1. The number of aliphatic imine (C=N–C) groups is 1. The molecule has 2 N–H and O–H groups in total. The minimum Gasteiger partial charge on any atom is -0.497 e. The van der Waals surface area contributed by atoms with Crippen molar-refractivity contribution >= 4 is 5.96 Å². The van der Waals surface area contributed by atoms with E-state index in [1.54, 1.807) is 7.11 Å². The Kier molecular flexibility index (Phi) is 8.76. The standard InChI is InChI=1S/C24H38N6O/c1-5-25-24(26-13-8-16-30-20(3)17-19(2)28-30)27-18-23(29-14-6-7-15-29)21-9-11-22(31-4)12-10-21/h9-12,17,23H,5-8,13-16,18H2,1-4H3,(H2,25,26,27). The molecule has 3 rings (SSSR count). The van der Waals surface area contributed by atoms with Gasteiger partial charge >= 0.3 is 0 Å². The summed E-state index contributed by atoms with van der Waals surface area (Å²) in [5.41, 5.74) is 3.59. The summed E-state index contributed by atoms with van der Waals surface area (Å²) in [5.74, 6) is 1.78. The molecule has 7 nitrogen and oxygen atoms in total. The molecule has 0 bridgehead atoms. The molecular weight excluding hydrogens is 388 g/mol. The first kappa shape index (κ1) is 23.1. The second-order valence-electron chi connectivity index (χ2n) is 8.18. The number of guanidine groups is 1. The van der Waals surface area contributed by atoms with Crippen LogP contribution in [0.3, 0.4) is 0 Å². The van der Waals surface area contributed by atoms with Crippen molar-refractivity contribution in [1.82, 2.24) is 25.3 Å². The number of nitrogens with zero attached hydrogens (tertiary/aromatic N) is 4. The summed E-state index contributed by atoms with van der Waals surface area (Å²) in [7, 11) is 1.71. The molecule has 2 aromatic rings. The van der Waals surface area contributed by atoms with Gasteiger partial charge in [0.1, 0.15) is 5.75 Å². The van der Waals surface area contributed by atoms with E-state index in [0.717, 1.165) is 63.1 Å². The van der Waals surface area contributed by atoms with Crippen molar-refractivity contribution in [3.05, 3.63) is 47.3 Å². The zero-order valence-corrected chi connectivity index (χ0v) is 19.5. The summed E-state index contributed by atoms with van der Waals surface area (Å²) in [6.07, 6.45) is 3.53. The Labute approximate surface area is 186 Å². The first-order valence-corrected chi connectivity index (χ1v) is 11.5. The van der Waals surface area contributed by atoms with Crippen molar-refractivity contribution in [2.75, 3.05) is 39.8 Å². The lowest BCUT2D eigenvalue weighted by atomic mass is 10.1. The average Bonchev–Trinajstić information content (AvgIpc) is 3.41. The lowest BCUT2D eigenvalue weighted by molar-refractivity contribution is 0.251. The van der Waals surface area contributed by atoms with Crippen LogP contribution in [0, 0.1) is 13.8 Å². The average molecular weight is 427 g/mol. The summed E-state index contributed by atoms with van der Waals surface area (Å²) < 4.78 is 7.41. The van der Waals surface area contributed by atoms with Crippen LogP contribution in [0.1, 0.15) is 49.2 Å². The fourth-order valence-corrected chi connectivity index (χ4v) is 4.17. The molecule has 1 unspecified atom stereocenters. The van der Waals surface area contributed by atoms with Gasteiger partial charge in [-0.3, -0.25) is 14.6 Å². The third kappa shape index (κ3) is 6.72. The van der Waals surface area contributed by atoms with Crippen molar-refractivity contribution in [2.45, 2.75) is 52.6 Å². The summed E-state index contributed by atoms with van der Waals surface area (Å²) in [6.45, 7) is 11.9. The topological polar surface area (TPSA) is 66.7 Å². The predicted octanol–water partition coefficient (Wildman–Crippen LogP) is 3.29. The van der Waals surface area contributed by atoms with Crippen LogP contribution in [0.4, 0.5) is 0 Å². The van der Waals surface area contributed by atoms with Gasteiger partial charge in [-0.1, -0.05) is 12.1 Å². The maximum absolute atomic E-state index is 5.33. The summed E-state index contributed by atoms with van der Waals surface area (Å²) in [6, 6.07) is 10.8. The van der Waals surface area contributed by atoms with E-state index in [4.69, 9.17) is 9.73 Å². The van der Waals surface area contributed by atoms with E-state index < -0.39 is 0 Å². The Balaban J connectivity index is 1.60. The van der Waals surface area contributed by atoms with E-state index in [2.05, 4.69) is 57.4 Å². The molecule has 1 aromatic carbocycles. The van der Waals surface area contributed by atoms with Crippen molar-refractivity contribution in [2.24, 2.45) is 4.99 Å². The molecule has 170 valence electrons. The molecule has 7 heteroatoms. The van der Waals surface area contributed by atoms with Gasteiger partial charge in [0.25, 0.3) is 0 Å². The van der Waals surface area contributed by atoms with E-state index in [1.165, 1.54) is 24.1 Å². The largest absolute Gasteiger partial charge is 0.497 e. The third-order valence-corrected chi connectivity index (χ3v) is 5.79. The number of hydrogen-bond acceptors (Lipinski definition) is 4. The van der Waals surface area contributed by atoms with Gasteiger partial charge in [-0.15, -0.1) is 0 Å². The van der Waals surface area contributed by atoms with Gasteiger partial charge in [-0.05, 0) is 76.9 Å². The monoisotopic (exact) mass is 426 g/mol. The molecule has 0 radical (unpaired) electrons. The van der Waals surface area contributed by atoms with Crippen LogP contribution in [0.2, 0.25) is 0 Å².